The molecule has 1 aliphatic heterocycles. The van der Waals surface area contributed by atoms with Gasteiger partial charge < -0.3 is 9.47 Å². The summed E-state index contributed by atoms with van der Waals surface area (Å²) in [6, 6.07) is 2.87. The quantitative estimate of drug-likeness (QED) is 0.752. The summed E-state index contributed by atoms with van der Waals surface area (Å²) >= 11 is 0. The smallest absolute Gasteiger partial charge is 0.346 e. The van der Waals surface area contributed by atoms with Crippen LogP contribution in [0.25, 0.3) is 0 Å². The standard InChI is InChI=1S/C11H9F3O3/c12-11(13,14)8-2-1-7(6-15)9(5-8)10-16-3-4-17-10/h1-2,5-6,10H,3-4H2. The van der Waals surface area contributed by atoms with Gasteiger partial charge in [-0.15, -0.1) is 0 Å². The van der Waals surface area contributed by atoms with E-state index in [9.17, 15) is 18.0 Å². The minimum Gasteiger partial charge on any atom is -0.346 e. The number of carbonyl (C=O) groups is 1. The Kier molecular flexibility index (Phi) is 3.17. The predicted molar refractivity (Wildman–Crippen MR) is 51.5 cm³/mol. The molecule has 0 radical (unpaired) electrons. The number of ether oxygens (including phenoxy) is 2. The minimum atomic E-state index is -4.45. The maximum atomic E-state index is 12.5. The number of rotatable bonds is 2. The van der Waals surface area contributed by atoms with Gasteiger partial charge in [-0.05, 0) is 12.1 Å². The van der Waals surface area contributed by atoms with Gasteiger partial charge in [-0.2, -0.15) is 13.2 Å². The molecule has 17 heavy (non-hydrogen) atoms. The van der Waals surface area contributed by atoms with Crippen LogP contribution >= 0.6 is 0 Å². The molecular weight excluding hydrogens is 237 g/mol. The van der Waals surface area contributed by atoms with Crippen molar-refractivity contribution < 1.29 is 27.4 Å². The van der Waals surface area contributed by atoms with Crippen molar-refractivity contribution in [3.8, 4) is 0 Å². The molecule has 0 aromatic heterocycles. The van der Waals surface area contributed by atoms with Crippen LogP contribution in [0, 0.1) is 0 Å². The summed E-state index contributed by atoms with van der Waals surface area (Å²) < 4.78 is 47.8. The molecule has 3 nitrogen and oxygen atoms in total. The molecular formula is C11H9F3O3. The lowest BCUT2D eigenvalue weighted by molar-refractivity contribution is -0.137. The Morgan fingerprint density at radius 1 is 1.24 bits per heavy atom. The van der Waals surface area contributed by atoms with Crippen molar-refractivity contribution in [3.63, 3.8) is 0 Å². The molecule has 1 fully saturated rings. The van der Waals surface area contributed by atoms with E-state index in [-0.39, 0.29) is 11.1 Å². The average Bonchev–Trinajstić information content (AvgIpc) is 2.80. The van der Waals surface area contributed by atoms with Gasteiger partial charge in [-0.1, -0.05) is 6.07 Å². The topological polar surface area (TPSA) is 35.5 Å². The second kappa shape index (κ2) is 4.46. The van der Waals surface area contributed by atoms with Crippen LogP contribution in [0.15, 0.2) is 18.2 Å². The molecule has 6 heteroatoms. The molecule has 2 rings (SSSR count). The number of halogens is 3. The first-order valence-corrected chi connectivity index (χ1v) is 4.92. The highest BCUT2D eigenvalue weighted by molar-refractivity contribution is 5.77. The number of hydrogen-bond acceptors (Lipinski definition) is 3. The van der Waals surface area contributed by atoms with Gasteiger partial charge in [0.2, 0.25) is 0 Å². The summed E-state index contributed by atoms with van der Waals surface area (Å²) in [5.74, 6) is 0. The molecule has 0 amide bonds. The lowest BCUT2D eigenvalue weighted by atomic mass is 10.0. The van der Waals surface area contributed by atoms with Crippen LogP contribution in [0.4, 0.5) is 13.2 Å². The van der Waals surface area contributed by atoms with Crippen molar-refractivity contribution in [2.24, 2.45) is 0 Å². The zero-order valence-electron chi connectivity index (χ0n) is 8.66. The van der Waals surface area contributed by atoms with Gasteiger partial charge in [0, 0.05) is 11.1 Å². The van der Waals surface area contributed by atoms with Crippen molar-refractivity contribution in [2.45, 2.75) is 12.5 Å². The van der Waals surface area contributed by atoms with Gasteiger partial charge in [0.1, 0.15) is 0 Å². The third kappa shape index (κ3) is 2.48. The van der Waals surface area contributed by atoms with Gasteiger partial charge in [-0.3, -0.25) is 4.79 Å². The van der Waals surface area contributed by atoms with Crippen LogP contribution < -0.4 is 0 Å². The Bertz CT molecular complexity index is 422. The van der Waals surface area contributed by atoms with E-state index in [1.165, 1.54) is 0 Å². The monoisotopic (exact) mass is 246 g/mol. The molecule has 0 spiro atoms. The Morgan fingerprint density at radius 2 is 1.88 bits per heavy atom. The highest BCUT2D eigenvalue weighted by atomic mass is 19.4. The van der Waals surface area contributed by atoms with E-state index in [0.717, 1.165) is 18.2 Å². The normalized spacial score (nSPS) is 17.4. The zero-order valence-corrected chi connectivity index (χ0v) is 8.66. The van der Waals surface area contributed by atoms with Crippen molar-refractivity contribution in [1.82, 2.24) is 0 Å². The van der Waals surface area contributed by atoms with E-state index in [4.69, 9.17) is 9.47 Å². The Hall–Kier alpha value is -1.40. The zero-order chi connectivity index (χ0) is 12.5. The van der Waals surface area contributed by atoms with Crippen LogP contribution in [-0.2, 0) is 15.7 Å². The molecule has 92 valence electrons. The Balaban J connectivity index is 2.42. The predicted octanol–water partition coefficient (Wildman–Crippen LogP) is 2.56. The molecule has 0 bridgehead atoms. The molecule has 0 aliphatic carbocycles. The summed E-state index contributed by atoms with van der Waals surface area (Å²) in [6.07, 6.45) is -4.85. The second-order valence-electron chi connectivity index (χ2n) is 3.53. The van der Waals surface area contributed by atoms with E-state index in [2.05, 4.69) is 0 Å². The van der Waals surface area contributed by atoms with Gasteiger partial charge in [0.25, 0.3) is 0 Å². The number of hydrogen-bond donors (Lipinski definition) is 0. The molecule has 0 atom stereocenters. The first kappa shape index (κ1) is 12.1. The van der Waals surface area contributed by atoms with E-state index < -0.39 is 18.0 Å². The number of aldehydes is 1. The fourth-order valence-corrected chi connectivity index (χ4v) is 1.60. The lowest BCUT2D eigenvalue weighted by Crippen LogP contribution is -2.09. The Morgan fingerprint density at radius 3 is 2.41 bits per heavy atom. The molecule has 1 saturated heterocycles. The fourth-order valence-electron chi connectivity index (χ4n) is 1.60. The summed E-state index contributed by atoms with van der Waals surface area (Å²) in [5, 5.41) is 0. The van der Waals surface area contributed by atoms with Crippen LogP contribution in [0.1, 0.15) is 27.8 Å². The molecule has 1 aliphatic rings. The van der Waals surface area contributed by atoms with Crippen LogP contribution in [0.5, 0.6) is 0 Å². The summed E-state index contributed by atoms with van der Waals surface area (Å²) in [6.45, 7) is 0.610. The Labute approximate surface area is 95.1 Å². The second-order valence-corrected chi connectivity index (χ2v) is 3.53. The van der Waals surface area contributed by atoms with E-state index in [0.29, 0.717) is 19.5 Å². The van der Waals surface area contributed by atoms with Gasteiger partial charge >= 0.3 is 6.18 Å². The van der Waals surface area contributed by atoms with Crippen molar-refractivity contribution in [3.05, 3.63) is 34.9 Å². The SMILES string of the molecule is O=Cc1ccc(C(F)(F)F)cc1C1OCCO1. The van der Waals surface area contributed by atoms with Crippen LogP contribution in [0.3, 0.4) is 0 Å². The minimum absolute atomic E-state index is 0.118. The fraction of sp³-hybridized carbons (Fsp3) is 0.364. The van der Waals surface area contributed by atoms with Crippen molar-refractivity contribution >= 4 is 6.29 Å². The highest BCUT2D eigenvalue weighted by Crippen LogP contribution is 2.33. The molecule has 0 saturated carbocycles. The number of benzene rings is 1. The first-order chi connectivity index (χ1) is 8.02. The van der Waals surface area contributed by atoms with Crippen LogP contribution in [-0.4, -0.2) is 19.5 Å². The van der Waals surface area contributed by atoms with Gasteiger partial charge in [0.05, 0.1) is 18.8 Å². The number of carbonyl (C=O) groups excluding carboxylic acids is 1. The largest absolute Gasteiger partial charge is 0.416 e. The third-order valence-corrected chi connectivity index (χ3v) is 2.42. The van der Waals surface area contributed by atoms with Crippen molar-refractivity contribution in [2.75, 3.05) is 13.2 Å². The maximum Gasteiger partial charge on any atom is 0.416 e. The first-order valence-electron chi connectivity index (χ1n) is 4.92. The third-order valence-electron chi connectivity index (χ3n) is 2.42. The maximum absolute atomic E-state index is 12.5. The highest BCUT2D eigenvalue weighted by Gasteiger charge is 2.32. The van der Waals surface area contributed by atoms with E-state index in [1.807, 2.05) is 0 Å². The van der Waals surface area contributed by atoms with Crippen LogP contribution in [0.2, 0.25) is 0 Å². The molecule has 0 N–H and O–H groups in total. The lowest BCUT2D eigenvalue weighted by Gasteiger charge is -2.14. The average molecular weight is 246 g/mol. The summed E-state index contributed by atoms with van der Waals surface area (Å²) in [7, 11) is 0. The van der Waals surface area contributed by atoms with E-state index in [1.54, 1.807) is 0 Å². The summed E-state index contributed by atoms with van der Waals surface area (Å²) in [4.78, 5) is 10.8. The summed E-state index contributed by atoms with van der Waals surface area (Å²) in [5.41, 5.74) is -0.561. The van der Waals surface area contributed by atoms with Gasteiger partial charge in [-0.25, -0.2) is 0 Å². The molecule has 1 aromatic carbocycles. The van der Waals surface area contributed by atoms with Gasteiger partial charge in [0.15, 0.2) is 12.6 Å². The molecule has 0 unspecified atom stereocenters. The number of alkyl halides is 3. The van der Waals surface area contributed by atoms with Crippen molar-refractivity contribution in [1.29, 1.82) is 0 Å². The van der Waals surface area contributed by atoms with E-state index >= 15 is 0 Å². The molecule has 1 aromatic rings. The molecule has 1 heterocycles.